The molecule has 0 radical (unpaired) electrons. The molecule has 1 aliphatic rings. The van der Waals surface area contributed by atoms with Crippen molar-refractivity contribution in [1.82, 2.24) is 4.90 Å². The van der Waals surface area contributed by atoms with Gasteiger partial charge in [0.05, 0.1) is 24.4 Å². The Kier molecular flexibility index (Phi) is 7.08. The molecular weight excluding hydrogens is 482 g/mol. The average molecular weight is 508 g/mol. The van der Waals surface area contributed by atoms with Crippen molar-refractivity contribution in [3.63, 3.8) is 0 Å². The minimum absolute atomic E-state index is 0.0156. The van der Waals surface area contributed by atoms with Crippen LogP contribution in [0.3, 0.4) is 0 Å². The highest BCUT2D eigenvalue weighted by atomic mass is 16.5. The van der Waals surface area contributed by atoms with E-state index in [-0.39, 0.29) is 17.9 Å². The van der Waals surface area contributed by atoms with E-state index in [1.165, 1.54) is 11.2 Å². The lowest BCUT2D eigenvalue weighted by molar-refractivity contribution is -0.140. The number of para-hydroxylation sites is 1. The molecule has 1 atom stereocenters. The summed E-state index contributed by atoms with van der Waals surface area (Å²) in [7, 11) is 0. The number of hydrogen-bond donors (Lipinski definition) is 1. The van der Waals surface area contributed by atoms with Crippen molar-refractivity contribution in [3.8, 4) is 17.2 Å². The molecule has 0 saturated carbocycles. The number of aliphatic hydroxyl groups excluding tert-OH is 1. The molecule has 2 heterocycles. The third-order valence-electron chi connectivity index (χ3n) is 6.09. The van der Waals surface area contributed by atoms with Gasteiger partial charge in [-0.3, -0.25) is 9.59 Å². The molecule has 1 aromatic heterocycles. The van der Waals surface area contributed by atoms with Crippen LogP contribution in [0.1, 0.15) is 22.9 Å². The summed E-state index contributed by atoms with van der Waals surface area (Å²) < 4.78 is 17.0. The maximum Gasteiger partial charge on any atom is 0.296 e. The van der Waals surface area contributed by atoms with Crippen molar-refractivity contribution in [2.24, 2.45) is 0 Å². The van der Waals surface area contributed by atoms with E-state index in [4.69, 9.17) is 13.9 Å². The Labute approximate surface area is 219 Å². The first-order chi connectivity index (χ1) is 18.5. The summed E-state index contributed by atoms with van der Waals surface area (Å²) in [6.07, 6.45) is 3.13. The van der Waals surface area contributed by atoms with Gasteiger partial charge in [-0.25, -0.2) is 0 Å². The topological polar surface area (TPSA) is 89.2 Å². The zero-order chi connectivity index (χ0) is 26.5. The molecule has 5 rings (SSSR count). The Balaban J connectivity index is 1.57. The van der Waals surface area contributed by atoms with Gasteiger partial charge in [0.15, 0.2) is 0 Å². The van der Waals surface area contributed by atoms with Crippen LogP contribution in [0.2, 0.25) is 0 Å². The molecule has 0 spiro atoms. The fourth-order valence-electron chi connectivity index (χ4n) is 4.35. The number of carbonyl (C=O) groups excluding carboxylic acids is 2. The van der Waals surface area contributed by atoms with Crippen molar-refractivity contribution < 1.29 is 28.6 Å². The number of ether oxygens (including phenoxy) is 2. The van der Waals surface area contributed by atoms with Crippen LogP contribution in [0, 0.1) is 0 Å². The van der Waals surface area contributed by atoms with Crippen LogP contribution >= 0.6 is 0 Å². The average Bonchev–Trinajstić information content (AvgIpc) is 3.55. The quantitative estimate of drug-likeness (QED) is 0.125. The molecule has 7 nitrogen and oxygen atoms in total. The SMILES string of the molecule is C=CCOc1ccc(/C(O)=C2/C(=O)C(=O)N(Cc3ccco3)C2c2cccc(Oc3ccccc3)c2)cc1. The van der Waals surface area contributed by atoms with Gasteiger partial charge in [-0.15, -0.1) is 0 Å². The predicted octanol–water partition coefficient (Wildman–Crippen LogP) is 6.26. The smallest absolute Gasteiger partial charge is 0.296 e. The first kappa shape index (κ1) is 24.6. The Morgan fingerprint density at radius 1 is 0.921 bits per heavy atom. The van der Waals surface area contributed by atoms with E-state index in [9.17, 15) is 14.7 Å². The predicted molar refractivity (Wildman–Crippen MR) is 142 cm³/mol. The molecule has 1 saturated heterocycles. The van der Waals surface area contributed by atoms with Gasteiger partial charge in [0.25, 0.3) is 11.7 Å². The van der Waals surface area contributed by atoms with E-state index < -0.39 is 17.7 Å². The van der Waals surface area contributed by atoms with E-state index in [1.54, 1.807) is 66.7 Å². The largest absolute Gasteiger partial charge is 0.507 e. The number of amides is 1. The van der Waals surface area contributed by atoms with Crippen molar-refractivity contribution in [3.05, 3.63) is 132 Å². The number of rotatable bonds is 9. The highest BCUT2D eigenvalue weighted by Gasteiger charge is 2.46. The summed E-state index contributed by atoms with van der Waals surface area (Å²) in [5, 5.41) is 11.3. The molecular formula is C31H25NO6. The third kappa shape index (κ3) is 5.08. The number of benzene rings is 3. The van der Waals surface area contributed by atoms with Crippen molar-refractivity contribution >= 4 is 17.4 Å². The maximum absolute atomic E-state index is 13.3. The lowest BCUT2D eigenvalue weighted by atomic mass is 9.95. The van der Waals surface area contributed by atoms with Gasteiger partial charge in [0, 0.05) is 5.56 Å². The van der Waals surface area contributed by atoms with Gasteiger partial charge < -0.3 is 23.9 Å². The van der Waals surface area contributed by atoms with Gasteiger partial charge in [0.2, 0.25) is 0 Å². The zero-order valence-electron chi connectivity index (χ0n) is 20.4. The summed E-state index contributed by atoms with van der Waals surface area (Å²) >= 11 is 0. The third-order valence-corrected chi connectivity index (χ3v) is 6.09. The molecule has 7 heteroatoms. The number of carbonyl (C=O) groups is 2. The molecule has 38 heavy (non-hydrogen) atoms. The molecule has 1 N–H and O–H groups in total. The fraction of sp³-hybridized carbons (Fsp3) is 0.0968. The zero-order valence-corrected chi connectivity index (χ0v) is 20.4. The van der Waals surface area contributed by atoms with Gasteiger partial charge in [-0.05, 0) is 66.2 Å². The van der Waals surface area contributed by atoms with Gasteiger partial charge in [0.1, 0.15) is 35.4 Å². The minimum atomic E-state index is -0.865. The normalized spacial score (nSPS) is 16.4. The lowest BCUT2D eigenvalue weighted by Gasteiger charge is -2.25. The molecule has 1 amide bonds. The Morgan fingerprint density at radius 3 is 2.39 bits per heavy atom. The molecule has 0 bridgehead atoms. The lowest BCUT2D eigenvalue weighted by Crippen LogP contribution is -2.29. The highest BCUT2D eigenvalue weighted by Crippen LogP contribution is 2.41. The van der Waals surface area contributed by atoms with Gasteiger partial charge >= 0.3 is 0 Å². The van der Waals surface area contributed by atoms with Crippen LogP contribution in [0.5, 0.6) is 17.2 Å². The highest BCUT2D eigenvalue weighted by molar-refractivity contribution is 6.46. The monoisotopic (exact) mass is 507 g/mol. The van der Waals surface area contributed by atoms with E-state index in [1.807, 2.05) is 30.3 Å². The van der Waals surface area contributed by atoms with Crippen molar-refractivity contribution in [1.29, 1.82) is 0 Å². The van der Waals surface area contributed by atoms with Crippen molar-refractivity contribution in [2.45, 2.75) is 12.6 Å². The number of ketones is 1. The number of aliphatic hydroxyl groups is 1. The number of furan rings is 1. The van der Waals surface area contributed by atoms with Crippen LogP contribution in [-0.2, 0) is 16.1 Å². The maximum atomic E-state index is 13.3. The Bertz CT molecular complexity index is 1470. The second-order valence-corrected chi connectivity index (χ2v) is 8.62. The Morgan fingerprint density at radius 2 is 1.68 bits per heavy atom. The van der Waals surface area contributed by atoms with Gasteiger partial charge in [-0.1, -0.05) is 43.0 Å². The van der Waals surface area contributed by atoms with Crippen LogP contribution in [-0.4, -0.2) is 28.3 Å². The van der Waals surface area contributed by atoms with Gasteiger partial charge in [-0.2, -0.15) is 0 Å². The van der Waals surface area contributed by atoms with E-state index in [0.29, 0.717) is 40.7 Å². The molecule has 4 aromatic rings. The summed E-state index contributed by atoms with van der Waals surface area (Å²) in [4.78, 5) is 28.0. The summed E-state index contributed by atoms with van der Waals surface area (Å²) in [5.74, 6) is 0.488. The molecule has 3 aromatic carbocycles. The molecule has 1 aliphatic heterocycles. The number of nitrogens with zero attached hydrogens (tertiary/aromatic N) is 1. The Hall–Kier alpha value is -5.04. The molecule has 1 unspecified atom stereocenters. The number of hydrogen-bond acceptors (Lipinski definition) is 6. The van der Waals surface area contributed by atoms with E-state index in [0.717, 1.165) is 0 Å². The first-order valence-corrected chi connectivity index (χ1v) is 12.0. The summed E-state index contributed by atoms with van der Waals surface area (Å²) in [6, 6.07) is 25.6. The van der Waals surface area contributed by atoms with Crippen LogP contribution in [0.25, 0.3) is 5.76 Å². The second kappa shape index (κ2) is 10.9. The fourth-order valence-corrected chi connectivity index (χ4v) is 4.35. The minimum Gasteiger partial charge on any atom is -0.507 e. The van der Waals surface area contributed by atoms with Crippen LogP contribution in [0.15, 0.2) is 120 Å². The summed E-state index contributed by atoms with van der Waals surface area (Å²) in [5.41, 5.74) is 0.975. The van der Waals surface area contributed by atoms with Crippen LogP contribution < -0.4 is 9.47 Å². The molecule has 0 aliphatic carbocycles. The summed E-state index contributed by atoms with van der Waals surface area (Å²) in [6.45, 7) is 4.02. The van der Waals surface area contributed by atoms with E-state index >= 15 is 0 Å². The van der Waals surface area contributed by atoms with Crippen LogP contribution in [0.4, 0.5) is 0 Å². The second-order valence-electron chi connectivity index (χ2n) is 8.62. The standard InChI is InChI=1S/C31H25NO6/c1-2-17-36-23-15-13-21(14-16-23)29(33)27-28(32(31(35)30(27)34)20-26-12-7-18-37-26)22-8-6-11-25(19-22)38-24-9-4-3-5-10-24/h2-16,18-19,28,33H,1,17,20H2/b29-27-. The molecule has 190 valence electrons. The number of Topliss-reactive ketones (excluding diaryl/α,β-unsaturated/α-hetero) is 1. The number of likely N-dealkylation sites (tertiary alicyclic amines) is 1. The van der Waals surface area contributed by atoms with Crippen molar-refractivity contribution in [2.75, 3.05) is 6.61 Å². The van der Waals surface area contributed by atoms with E-state index in [2.05, 4.69) is 6.58 Å². The first-order valence-electron chi connectivity index (χ1n) is 12.0. The molecule has 1 fully saturated rings.